The first-order valence-corrected chi connectivity index (χ1v) is 4.99. The number of pyridine rings is 1. The Morgan fingerprint density at radius 1 is 1.44 bits per heavy atom. The molecule has 5 heteroatoms. The van der Waals surface area contributed by atoms with E-state index in [1.807, 2.05) is 24.3 Å². The van der Waals surface area contributed by atoms with Crippen molar-refractivity contribution in [2.75, 3.05) is 7.11 Å². The Labute approximate surface area is 97.1 Å². The van der Waals surface area contributed by atoms with Crippen LogP contribution in [0.4, 0.5) is 0 Å². The van der Waals surface area contributed by atoms with Crippen LogP contribution in [0.25, 0.3) is 10.8 Å². The minimum absolute atomic E-state index is 0.227. The number of nitrogens with zero attached hydrogens (tertiary/aromatic N) is 1. The van der Waals surface area contributed by atoms with Gasteiger partial charge in [-0.25, -0.2) is 10.5 Å². The maximum Gasteiger partial charge on any atom is 0.293 e. The highest BCUT2D eigenvalue weighted by atomic mass is 35.5. The number of amides is 1. The zero-order valence-electron chi connectivity index (χ0n) is 8.53. The van der Waals surface area contributed by atoms with Crippen LogP contribution in [0.3, 0.4) is 0 Å². The first-order chi connectivity index (χ1) is 7.72. The van der Waals surface area contributed by atoms with Crippen LogP contribution in [-0.2, 0) is 4.84 Å². The second-order valence-electron chi connectivity index (χ2n) is 3.15. The quantitative estimate of drug-likeness (QED) is 0.642. The summed E-state index contributed by atoms with van der Waals surface area (Å²) in [6.07, 6.45) is 0. The zero-order chi connectivity index (χ0) is 11.5. The lowest BCUT2D eigenvalue weighted by atomic mass is 10.1. The molecule has 1 aromatic carbocycles. The van der Waals surface area contributed by atoms with E-state index in [4.69, 9.17) is 11.6 Å². The number of carbonyl (C=O) groups excluding carboxylic acids is 1. The van der Waals surface area contributed by atoms with E-state index in [0.29, 0.717) is 5.15 Å². The average Bonchev–Trinajstić information content (AvgIpc) is 2.29. The van der Waals surface area contributed by atoms with E-state index in [-0.39, 0.29) is 5.69 Å². The lowest BCUT2D eigenvalue weighted by Gasteiger charge is -2.04. The van der Waals surface area contributed by atoms with E-state index in [1.54, 1.807) is 6.07 Å². The molecule has 1 N–H and O–H groups in total. The van der Waals surface area contributed by atoms with Crippen LogP contribution in [0, 0.1) is 0 Å². The van der Waals surface area contributed by atoms with Gasteiger partial charge in [0.25, 0.3) is 5.91 Å². The van der Waals surface area contributed by atoms with Gasteiger partial charge in [-0.3, -0.25) is 9.63 Å². The zero-order valence-corrected chi connectivity index (χ0v) is 9.28. The van der Waals surface area contributed by atoms with Crippen molar-refractivity contribution in [2.24, 2.45) is 0 Å². The van der Waals surface area contributed by atoms with Crippen LogP contribution in [0.1, 0.15) is 10.5 Å². The Hall–Kier alpha value is -1.65. The molecule has 2 rings (SSSR count). The molecule has 4 nitrogen and oxygen atoms in total. The molecule has 0 saturated carbocycles. The summed E-state index contributed by atoms with van der Waals surface area (Å²) in [5.41, 5.74) is 2.42. The van der Waals surface area contributed by atoms with Crippen LogP contribution in [0.5, 0.6) is 0 Å². The first-order valence-electron chi connectivity index (χ1n) is 4.61. The molecule has 0 aliphatic rings. The largest absolute Gasteiger partial charge is 0.293 e. The predicted octanol–water partition coefficient (Wildman–Crippen LogP) is 2.18. The van der Waals surface area contributed by atoms with Crippen LogP contribution < -0.4 is 5.48 Å². The molecule has 0 spiro atoms. The number of rotatable bonds is 2. The minimum Gasteiger partial charge on any atom is -0.277 e. The molecule has 82 valence electrons. The van der Waals surface area contributed by atoms with Gasteiger partial charge in [0.2, 0.25) is 0 Å². The topological polar surface area (TPSA) is 51.2 Å². The summed E-state index contributed by atoms with van der Waals surface area (Å²) in [6.45, 7) is 0. The molecule has 2 aromatic rings. The summed E-state index contributed by atoms with van der Waals surface area (Å²) < 4.78 is 0. The van der Waals surface area contributed by atoms with Crippen molar-refractivity contribution in [3.63, 3.8) is 0 Å². The molecule has 0 unspecified atom stereocenters. The SMILES string of the molecule is CONC(=O)c1cc2ccccc2c(Cl)n1. The summed E-state index contributed by atoms with van der Waals surface area (Å²) >= 11 is 5.97. The number of halogens is 1. The van der Waals surface area contributed by atoms with Crippen LogP contribution in [-0.4, -0.2) is 18.0 Å². The molecule has 0 bridgehead atoms. The molecular formula is C11H9ClN2O2. The number of hydroxylamine groups is 1. The van der Waals surface area contributed by atoms with Gasteiger partial charge in [-0.1, -0.05) is 35.9 Å². The van der Waals surface area contributed by atoms with Gasteiger partial charge in [0.1, 0.15) is 10.8 Å². The summed E-state index contributed by atoms with van der Waals surface area (Å²) in [5, 5.41) is 1.99. The normalized spacial score (nSPS) is 10.4. The summed E-state index contributed by atoms with van der Waals surface area (Å²) in [7, 11) is 1.36. The average molecular weight is 237 g/mol. The van der Waals surface area contributed by atoms with E-state index < -0.39 is 5.91 Å². The molecule has 0 saturated heterocycles. The number of carbonyl (C=O) groups is 1. The maximum atomic E-state index is 11.5. The fraction of sp³-hybridized carbons (Fsp3) is 0.0909. The van der Waals surface area contributed by atoms with Gasteiger partial charge in [0.05, 0.1) is 7.11 Å². The van der Waals surface area contributed by atoms with E-state index in [9.17, 15) is 4.79 Å². The number of hydrogen-bond donors (Lipinski definition) is 1. The van der Waals surface area contributed by atoms with Crippen LogP contribution >= 0.6 is 11.6 Å². The van der Waals surface area contributed by atoms with Crippen molar-refractivity contribution in [3.8, 4) is 0 Å². The third-order valence-corrected chi connectivity index (χ3v) is 2.41. The smallest absolute Gasteiger partial charge is 0.277 e. The van der Waals surface area contributed by atoms with Gasteiger partial charge < -0.3 is 0 Å². The Kier molecular flexibility index (Phi) is 3.03. The molecule has 0 radical (unpaired) electrons. The highest BCUT2D eigenvalue weighted by Gasteiger charge is 2.10. The van der Waals surface area contributed by atoms with Crippen LogP contribution in [0.15, 0.2) is 30.3 Å². The molecule has 1 aromatic heterocycles. The van der Waals surface area contributed by atoms with Gasteiger partial charge in [-0.15, -0.1) is 0 Å². The number of hydrogen-bond acceptors (Lipinski definition) is 3. The second-order valence-corrected chi connectivity index (χ2v) is 3.51. The molecule has 1 heterocycles. The summed E-state index contributed by atoms with van der Waals surface area (Å²) in [4.78, 5) is 20.0. The Balaban J connectivity index is 2.53. The number of nitrogens with one attached hydrogen (secondary N) is 1. The fourth-order valence-corrected chi connectivity index (χ4v) is 1.68. The highest BCUT2D eigenvalue weighted by Crippen LogP contribution is 2.22. The molecule has 0 aliphatic carbocycles. The Morgan fingerprint density at radius 3 is 2.94 bits per heavy atom. The Bertz CT molecular complexity index is 542. The monoisotopic (exact) mass is 236 g/mol. The van der Waals surface area contributed by atoms with E-state index in [1.165, 1.54) is 7.11 Å². The van der Waals surface area contributed by atoms with Gasteiger partial charge in [-0.2, -0.15) is 0 Å². The summed E-state index contributed by atoms with van der Waals surface area (Å²) in [5.74, 6) is -0.421. The van der Waals surface area contributed by atoms with Crippen molar-refractivity contribution in [1.82, 2.24) is 10.5 Å². The molecule has 0 atom stereocenters. The molecule has 1 amide bonds. The second kappa shape index (κ2) is 4.47. The van der Waals surface area contributed by atoms with E-state index in [2.05, 4.69) is 15.3 Å². The molecule has 16 heavy (non-hydrogen) atoms. The third-order valence-electron chi connectivity index (χ3n) is 2.12. The third kappa shape index (κ3) is 1.98. The molecular weight excluding hydrogens is 228 g/mol. The van der Waals surface area contributed by atoms with E-state index in [0.717, 1.165) is 10.8 Å². The maximum absolute atomic E-state index is 11.5. The van der Waals surface area contributed by atoms with Crippen molar-refractivity contribution < 1.29 is 9.63 Å². The highest BCUT2D eigenvalue weighted by molar-refractivity contribution is 6.34. The van der Waals surface area contributed by atoms with Gasteiger partial charge in [-0.05, 0) is 11.5 Å². The van der Waals surface area contributed by atoms with Crippen molar-refractivity contribution in [3.05, 3.63) is 41.2 Å². The summed E-state index contributed by atoms with van der Waals surface area (Å²) in [6, 6.07) is 9.12. The standard InChI is InChI=1S/C11H9ClN2O2/c1-16-14-11(15)9-6-7-4-2-3-5-8(7)10(12)13-9/h2-6H,1H3,(H,14,15). The van der Waals surface area contributed by atoms with Crippen molar-refractivity contribution in [1.29, 1.82) is 0 Å². The van der Waals surface area contributed by atoms with Gasteiger partial charge >= 0.3 is 0 Å². The number of fused-ring (bicyclic) bond motifs is 1. The molecule has 0 fully saturated rings. The van der Waals surface area contributed by atoms with Gasteiger partial charge in [0, 0.05) is 5.39 Å². The fourth-order valence-electron chi connectivity index (χ4n) is 1.42. The predicted molar refractivity (Wildman–Crippen MR) is 61.2 cm³/mol. The first kappa shape index (κ1) is 10.9. The van der Waals surface area contributed by atoms with Crippen LogP contribution in [0.2, 0.25) is 5.15 Å². The van der Waals surface area contributed by atoms with Crippen molar-refractivity contribution >= 4 is 28.3 Å². The molecule has 0 aliphatic heterocycles. The number of benzene rings is 1. The Morgan fingerprint density at radius 2 is 2.19 bits per heavy atom. The lowest BCUT2D eigenvalue weighted by Crippen LogP contribution is -2.22. The van der Waals surface area contributed by atoms with Gasteiger partial charge in [0.15, 0.2) is 0 Å². The van der Waals surface area contributed by atoms with Crippen molar-refractivity contribution in [2.45, 2.75) is 0 Å². The lowest BCUT2D eigenvalue weighted by molar-refractivity contribution is 0.0532. The number of aromatic nitrogens is 1. The minimum atomic E-state index is -0.421. The van der Waals surface area contributed by atoms with E-state index >= 15 is 0 Å².